The molecule has 0 N–H and O–H groups in total. The van der Waals surface area contributed by atoms with Gasteiger partial charge >= 0.3 is 0 Å². The predicted molar refractivity (Wildman–Crippen MR) is 86.5 cm³/mol. The number of allylic oxidation sites excluding steroid dienone is 1. The van der Waals surface area contributed by atoms with Gasteiger partial charge in [-0.05, 0) is 18.1 Å². The molecular formula is C17H14N4OS. The largest absolute Gasteiger partial charge is 0.368 e. The molecule has 23 heavy (non-hydrogen) atoms. The van der Waals surface area contributed by atoms with Crippen LogP contribution >= 0.6 is 11.3 Å². The zero-order valence-corrected chi connectivity index (χ0v) is 13.2. The van der Waals surface area contributed by atoms with Crippen LogP contribution < -0.4 is 0 Å². The van der Waals surface area contributed by atoms with Crippen molar-refractivity contribution in [2.75, 3.05) is 13.1 Å². The van der Waals surface area contributed by atoms with Gasteiger partial charge in [-0.2, -0.15) is 5.26 Å². The van der Waals surface area contributed by atoms with Gasteiger partial charge in [-0.25, -0.2) is 4.98 Å². The molecule has 1 fully saturated rings. The monoisotopic (exact) mass is 322 g/mol. The topological polar surface area (TPSA) is 69.9 Å². The molecule has 1 saturated heterocycles. The average Bonchev–Trinajstić information content (AvgIpc) is 3.24. The van der Waals surface area contributed by atoms with Crippen LogP contribution in [0.2, 0.25) is 0 Å². The fourth-order valence-corrected chi connectivity index (χ4v) is 4.10. The van der Waals surface area contributed by atoms with E-state index in [9.17, 15) is 10.1 Å². The number of hydrogen-bond donors (Lipinski definition) is 0. The molecule has 5 nitrogen and oxygen atoms in total. The zero-order valence-electron chi connectivity index (χ0n) is 12.4. The van der Waals surface area contributed by atoms with Crippen LogP contribution in [0, 0.1) is 11.3 Å². The molecule has 2 aliphatic rings. The highest BCUT2D eigenvalue weighted by molar-refractivity contribution is 7.09. The molecule has 0 amide bonds. The lowest BCUT2D eigenvalue weighted by Crippen LogP contribution is -2.27. The smallest absolute Gasteiger partial charge is 0.180 e. The Morgan fingerprint density at radius 2 is 2.26 bits per heavy atom. The average molecular weight is 322 g/mol. The molecule has 6 heteroatoms. The number of thiazole rings is 1. The molecule has 0 saturated carbocycles. The molecule has 4 rings (SSSR count). The summed E-state index contributed by atoms with van der Waals surface area (Å²) in [6, 6.07) is 5.86. The third kappa shape index (κ3) is 2.34. The second-order valence-electron chi connectivity index (χ2n) is 5.75. The fraction of sp³-hybridized carbons (Fsp3) is 0.294. The number of carbonyl (C=O) groups excluding carboxylic acids is 1. The lowest BCUT2D eigenvalue weighted by atomic mass is 9.92. The Kier molecular flexibility index (Phi) is 3.43. The van der Waals surface area contributed by atoms with E-state index in [2.05, 4.69) is 20.9 Å². The third-order valence-electron chi connectivity index (χ3n) is 4.40. The molecular weight excluding hydrogens is 308 g/mol. The number of aromatic nitrogens is 2. The van der Waals surface area contributed by atoms with Gasteiger partial charge in [0, 0.05) is 43.2 Å². The summed E-state index contributed by atoms with van der Waals surface area (Å²) in [6.45, 7) is 1.59. The highest BCUT2D eigenvalue weighted by Gasteiger charge is 2.34. The van der Waals surface area contributed by atoms with Gasteiger partial charge < -0.3 is 4.90 Å². The quantitative estimate of drug-likeness (QED) is 0.849. The van der Waals surface area contributed by atoms with Gasteiger partial charge in [0.1, 0.15) is 11.6 Å². The number of carbonyl (C=O) groups is 1. The van der Waals surface area contributed by atoms with E-state index in [0.29, 0.717) is 11.6 Å². The fourth-order valence-electron chi connectivity index (χ4n) is 3.33. The summed E-state index contributed by atoms with van der Waals surface area (Å²) in [7, 11) is 0. The van der Waals surface area contributed by atoms with Crippen molar-refractivity contribution in [3.63, 3.8) is 0 Å². The lowest BCUT2D eigenvalue weighted by Gasteiger charge is -2.27. The first-order valence-electron chi connectivity index (χ1n) is 7.54. The van der Waals surface area contributed by atoms with Crippen molar-refractivity contribution >= 4 is 22.8 Å². The number of ketones is 1. The minimum Gasteiger partial charge on any atom is -0.368 e. The van der Waals surface area contributed by atoms with Crippen LogP contribution in [0.15, 0.2) is 35.5 Å². The summed E-state index contributed by atoms with van der Waals surface area (Å²) in [5.41, 5.74) is 2.64. The van der Waals surface area contributed by atoms with Crippen LogP contribution in [-0.4, -0.2) is 33.7 Å². The summed E-state index contributed by atoms with van der Waals surface area (Å²) in [5, 5.41) is 12.6. The Bertz CT molecular complexity index is 835. The van der Waals surface area contributed by atoms with Gasteiger partial charge in [-0.1, -0.05) is 6.07 Å². The van der Waals surface area contributed by atoms with E-state index >= 15 is 0 Å². The van der Waals surface area contributed by atoms with Crippen LogP contribution in [0.1, 0.15) is 28.6 Å². The van der Waals surface area contributed by atoms with Crippen molar-refractivity contribution in [2.24, 2.45) is 0 Å². The van der Waals surface area contributed by atoms with E-state index in [1.165, 1.54) is 0 Å². The maximum Gasteiger partial charge on any atom is 0.180 e. The van der Waals surface area contributed by atoms with E-state index in [4.69, 9.17) is 0 Å². The van der Waals surface area contributed by atoms with Crippen LogP contribution in [0.3, 0.4) is 0 Å². The molecule has 0 bridgehead atoms. The molecule has 0 spiro atoms. The van der Waals surface area contributed by atoms with Crippen molar-refractivity contribution in [1.29, 1.82) is 5.26 Å². The van der Waals surface area contributed by atoms with Crippen LogP contribution in [-0.2, 0) is 11.2 Å². The number of nitrogens with zero attached hydrogens (tertiary/aromatic N) is 4. The molecule has 2 aromatic heterocycles. The Morgan fingerprint density at radius 1 is 1.35 bits per heavy atom. The van der Waals surface area contributed by atoms with Crippen LogP contribution in [0.5, 0.6) is 0 Å². The predicted octanol–water partition coefficient (Wildman–Crippen LogP) is 2.39. The van der Waals surface area contributed by atoms with E-state index < -0.39 is 0 Å². The Balaban J connectivity index is 1.74. The molecule has 1 unspecified atom stereocenters. The summed E-state index contributed by atoms with van der Waals surface area (Å²) in [6.07, 6.45) is 4.78. The Morgan fingerprint density at radius 3 is 3.04 bits per heavy atom. The highest BCUT2D eigenvalue weighted by atomic mass is 32.1. The maximum atomic E-state index is 12.3. The first-order valence-corrected chi connectivity index (χ1v) is 8.42. The number of likely N-dealkylation sites (tertiary alicyclic amines) is 1. The van der Waals surface area contributed by atoms with Crippen molar-refractivity contribution in [1.82, 2.24) is 14.9 Å². The lowest BCUT2D eigenvalue weighted by molar-refractivity contribution is -0.114. The van der Waals surface area contributed by atoms with Crippen molar-refractivity contribution in [2.45, 2.75) is 18.8 Å². The molecule has 1 aliphatic carbocycles. The van der Waals surface area contributed by atoms with Gasteiger partial charge in [0.15, 0.2) is 5.78 Å². The first kappa shape index (κ1) is 14.1. The summed E-state index contributed by atoms with van der Waals surface area (Å²) >= 11 is 1.66. The van der Waals surface area contributed by atoms with Crippen LogP contribution in [0.4, 0.5) is 0 Å². The Hall–Kier alpha value is -2.52. The summed E-state index contributed by atoms with van der Waals surface area (Å²) < 4.78 is 0. The molecule has 1 atom stereocenters. The highest BCUT2D eigenvalue weighted by Crippen LogP contribution is 2.37. The molecule has 3 heterocycles. The van der Waals surface area contributed by atoms with Gasteiger partial charge in [0.05, 0.1) is 16.4 Å². The molecule has 0 aromatic carbocycles. The standard InChI is InChI=1S/C17H14N4OS/c18-9-13-14(22)8-11-2-1-4-19-15(11)16(13)21-6-3-12(10-21)17-20-5-7-23-17/h1-2,4-5,7,12H,3,6,8,10H2. The number of nitriles is 1. The molecule has 2 aromatic rings. The van der Waals surface area contributed by atoms with E-state index in [-0.39, 0.29) is 17.8 Å². The van der Waals surface area contributed by atoms with E-state index in [0.717, 1.165) is 35.8 Å². The number of pyridine rings is 1. The third-order valence-corrected chi connectivity index (χ3v) is 5.34. The number of Topliss-reactive ketones (excluding diaryl/α,β-unsaturated/α-hetero) is 1. The molecule has 114 valence electrons. The second-order valence-corrected chi connectivity index (χ2v) is 6.67. The van der Waals surface area contributed by atoms with Crippen molar-refractivity contribution in [3.8, 4) is 6.07 Å². The number of rotatable bonds is 2. The van der Waals surface area contributed by atoms with Crippen molar-refractivity contribution < 1.29 is 4.79 Å². The number of fused-ring (bicyclic) bond motifs is 1. The van der Waals surface area contributed by atoms with Gasteiger partial charge in [0.2, 0.25) is 0 Å². The summed E-state index contributed by atoms with van der Waals surface area (Å²) in [4.78, 5) is 23.3. The first-order chi connectivity index (χ1) is 11.3. The number of hydrogen-bond acceptors (Lipinski definition) is 6. The maximum absolute atomic E-state index is 12.3. The molecule has 1 aliphatic heterocycles. The molecule has 0 radical (unpaired) electrons. The minimum absolute atomic E-state index is 0.110. The minimum atomic E-state index is -0.110. The second kappa shape index (κ2) is 5.60. The van der Waals surface area contributed by atoms with Gasteiger partial charge in [-0.3, -0.25) is 9.78 Å². The van der Waals surface area contributed by atoms with Gasteiger partial charge in [-0.15, -0.1) is 11.3 Å². The van der Waals surface area contributed by atoms with Crippen LogP contribution in [0.25, 0.3) is 5.70 Å². The van der Waals surface area contributed by atoms with Crippen molar-refractivity contribution in [3.05, 3.63) is 51.7 Å². The van der Waals surface area contributed by atoms with E-state index in [1.54, 1.807) is 17.5 Å². The van der Waals surface area contributed by atoms with Gasteiger partial charge in [0.25, 0.3) is 0 Å². The summed E-state index contributed by atoms with van der Waals surface area (Å²) in [5.74, 6) is 0.243. The normalized spacial score (nSPS) is 20.6. The SMILES string of the molecule is N#CC1=C(N2CCC(c3nccs3)C2)c2ncccc2CC1=O. The Labute approximate surface area is 137 Å². The zero-order chi connectivity index (χ0) is 15.8. The van der Waals surface area contributed by atoms with E-state index in [1.807, 2.05) is 23.7 Å².